The molecule has 1 aromatic carbocycles. The summed E-state index contributed by atoms with van der Waals surface area (Å²) in [6.45, 7) is 11.4. The second-order valence-electron chi connectivity index (χ2n) is 6.18. The van der Waals surface area contributed by atoms with Crippen molar-refractivity contribution in [3.05, 3.63) is 41.1 Å². The first kappa shape index (κ1) is 13.2. The largest absolute Gasteiger partial charge is 0.347 e. The number of fused-ring (bicyclic) bond motifs is 1. The number of hydrogen-bond donors (Lipinski definition) is 0. The molecule has 0 atom stereocenters. The highest BCUT2D eigenvalue weighted by Gasteiger charge is 2.38. The van der Waals surface area contributed by atoms with Gasteiger partial charge in [0.1, 0.15) is 0 Å². The van der Waals surface area contributed by atoms with Crippen LogP contribution in [0.3, 0.4) is 0 Å². The van der Waals surface area contributed by atoms with E-state index < -0.39 is 0 Å². The maximum Gasteiger partial charge on any atom is 0.0448 e. The van der Waals surface area contributed by atoms with Gasteiger partial charge in [0.05, 0.1) is 0 Å². The number of nitrogens with zero attached hydrogens (tertiary/aromatic N) is 1. The molecule has 18 heavy (non-hydrogen) atoms. The molecule has 0 fully saturated rings. The molecular weight excluding hydrogens is 218 g/mol. The smallest absolute Gasteiger partial charge is 0.0448 e. The molecule has 0 saturated carbocycles. The first-order chi connectivity index (χ1) is 8.37. The summed E-state index contributed by atoms with van der Waals surface area (Å²) >= 11 is 0. The summed E-state index contributed by atoms with van der Waals surface area (Å²) in [7, 11) is 2.19. The summed E-state index contributed by atoms with van der Waals surface area (Å²) in [5.41, 5.74) is 5.82. The van der Waals surface area contributed by atoms with E-state index in [1.54, 1.807) is 0 Å². The van der Waals surface area contributed by atoms with Gasteiger partial charge >= 0.3 is 0 Å². The van der Waals surface area contributed by atoms with Crippen LogP contribution in [0.5, 0.6) is 0 Å². The lowest BCUT2D eigenvalue weighted by molar-refractivity contribution is 0.625. The Kier molecular flexibility index (Phi) is 3.27. The van der Waals surface area contributed by atoms with Gasteiger partial charge in [-0.15, -0.1) is 0 Å². The van der Waals surface area contributed by atoms with E-state index in [0.717, 1.165) is 6.42 Å². The predicted octanol–water partition coefficient (Wildman–Crippen LogP) is 4.52. The van der Waals surface area contributed by atoms with Crippen molar-refractivity contribution in [3.8, 4) is 0 Å². The second kappa shape index (κ2) is 4.46. The van der Waals surface area contributed by atoms with Gasteiger partial charge in [-0.2, -0.15) is 0 Å². The Bertz CT molecular complexity index is 480. The lowest BCUT2D eigenvalue weighted by Crippen LogP contribution is -2.23. The molecule has 0 aliphatic carbocycles. The van der Waals surface area contributed by atoms with Gasteiger partial charge in [0, 0.05) is 23.8 Å². The van der Waals surface area contributed by atoms with Crippen LogP contribution in [0.2, 0.25) is 0 Å². The molecule has 0 saturated heterocycles. The predicted molar refractivity (Wildman–Crippen MR) is 80.2 cm³/mol. The third-order valence-corrected chi connectivity index (χ3v) is 4.00. The van der Waals surface area contributed by atoms with Crippen molar-refractivity contribution < 1.29 is 0 Å². The van der Waals surface area contributed by atoms with Gasteiger partial charge in [-0.05, 0) is 29.5 Å². The maximum absolute atomic E-state index is 2.39. The van der Waals surface area contributed by atoms with Crippen molar-refractivity contribution in [1.29, 1.82) is 0 Å². The quantitative estimate of drug-likeness (QED) is 0.738. The number of allylic oxidation sites excluding steroid dienone is 2. The topological polar surface area (TPSA) is 3.24 Å². The van der Waals surface area contributed by atoms with Crippen LogP contribution in [0.4, 0.5) is 5.69 Å². The van der Waals surface area contributed by atoms with E-state index in [-0.39, 0.29) is 5.41 Å². The van der Waals surface area contributed by atoms with Crippen LogP contribution in [0.1, 0.15) is 45.7 Å². The van der Waals surface area contributed by atoms with Crippen LogP contribution >= 0.6 is 0 Å². The van der Waals surface area contributed by atoms with Gasteiger partial charge in [0.15, 0.2) is 0 Å². The molecule has 1 aliphatic heterocycles. The van der Waals surface area contributed by atoms with Crippen LogP contribution in [0, 0.1) is 5.92 Å². The summed E-state index contributed by atoms with van der Waals surface area (Å²) in [4.78, 5) is 2.36. The summed E-state index contributed by atoms with van der Waals surface area (Å²) in [5.74, 6) is 0.585. The number of likely N-dealkylation sites (N-methyl/N-ethyl adjacent to an activating group) is 1. The molecule has 98 valence electrons. The minimum atomic E-state index is 0.125. The normalized spacial score (nSPS) is 19.7. The molecule has 1 heteroatoms. The van der Waals surface area contributed by atoms with Crippen LogP contribution in [0.15, 0.2) is 30.0 Å². The van der Waals surface area contributed by atoms with Crippen molar-refractivity contribution in [2.24, 2.45) is 5.92 Å². The highest BCUT2D eigenvalue weighted by molar-refractivity contribution is 5.70. The van der Waals surface area contributed by atoms with E-state index in [0.29, 0.717) is 5.92 Å². The van der Waals surface area contributed by atoms with E-state index in [1.807, 2.05) is 0 Å². The monoisotopic (exact) mass is 243 g/mol. The van der Waals surface area contributed by atoms with Crippen molar-refractivity contribution >= 4 is 5.69 Å². The molecule has 0 aromatic heterocycles. The lowest BCUT2D eigenvalue weighted by atomic mass is 9.82. The molecule has 2 rings (SSSR count). The maximum atomic E-state index is 2.39. The van der Waals surface area contributed by atoms with Crippen LogP contribution in [-0.2, 0) is 11.8 Å². The summed E-state index contributed by atoms with van der Waals surface area (Å²) in [5, 5.41) is 0. The first-order valence-corrected chi connectivity index (χ1v) is 6.97. The third-order valence-electron chi connectivity index (χ3n) is 4.00. The molecule has 0 unspecified atom stereocenters. The molecule has 1 heterocycles. The fourth-order valence-corrected chi connectivity index (χ4v) is 2.92. The highest BCUT2D eigenvalue weighted by Crippen LogP contribution is 2.47. The van der Waals surface area contributed by atoms with Crippen molar-refractivity contribution in [3.63, 3.8) is 0 Å². The van der Waals surface area contributed by atoms with E-state index in [4.69, 9.17) is 0 Å². The SMILES string of the molecule is CCc1ccc2c(c1)C(C)(C)/C(=C/C(C)C)N2C. The zero-order valence-corrected chi connectivity index (χ0v) is 12.5. The van der Waals surface area contributed by atoms with E-state index >= 15 is 0 Å². The summed E-state index contributed by atoms with van der Waals surface area (Å²) in [6, 6.07) is 6.91. The fourth-order valence-electron chi connectivity index (χ4n) is 2.92. The molecule has 0 amide bonds. The number of rotatable bonds is 2. The van der Waals surface area contributed by atoms with Crippen LogP contribution in [-0.4, -0.2) is 7.05 Å². The van der Waals surface area contributed by atoms with Crippen LogP contribution < -0.4 is 4.90 Å². The molecular formula is C17H25N. The van der Waals surface area contributed by atoms with E-state index in [2.05, 4.69) is 70.8 Å². The average molecular weight is 243 g/mol. The standard InChI is InChI=1S/C17H25N/c1-7-13-8-9-15-14(11-13)17(4,5)16(18(15)6)10-12(2)3/h8-12H,7H2,1-6H3/b16-10-. The molecule has 1 aliphatic rings. The van der Waals surface area contributed by atoms with Gasteiger partial charge in [-0.25, -0.2) is 0 Å². The Hall–Kier alpha value is -1.24. The van der Waals surface area contributed by atoms with Gasteiger partial charge < -0.3 is 4.90 Å². The van der Waals surface area contributed by atoms with Gasteiger partial charge in [0.25, 0.3) is 0 Å². The van der Waals surface area contributed by atoms with Gasteiger partial charge in [0.2, 0.25) is 0 Å². The zero-order chi connectivity index (χ0) is 13.5. The number of hydrogen-bond acceptors (Lipinski definition) is 1. The molecule has 1 aromatic rings. The second-order valence-corrected chi connectivity index (χ2v) is 6.18. The van der Waals surface area contributed by atoms with Gasteiger partial charge in [-0.1, -0.05) is 52.8 Å². The summed E-state index contributed by atoms with van der Waals surface area (Å²) < 4.78 is 0. The Morgan fingerprint density at radius 3 is 2.50 bits per heavy atom. The third kappa shape index (κ3) is 1.96. The molecule has 0 bridgehead atoms. The average Bonchev–Trinajstić information content (AvgIpc) is 2.50. The molecule has 0 spiro atoms. The number of benzene rings is 1. The minimum absolute atomic E-state index is 0.125. The lowest BCUT2D eigenvalue weighted by Gasteiger charge is -2.25. The van der Waals surface area contributed by atoms with Gasteiger partial charge in [-0.3, -0.25) is 0 Å². The first-order valence-electron chi connectivity index (χ1n) is 6.97. The Labute approximate surface area is 112 Å². The Morgan fingerprint density at radius 2 is 1.94 bits per heavy atom. The van der Waals surface area contributed by atoms with E-state index in [9.17, 15) is 0 Å². The number of anilines is 1. The van der Waals surface area contributed by atoms with Crippen molar-refractivity contribution in [2.75, 3.05) is 11.9 Å². The summed E-state index contributed by atoms with van der Waals surface area (Å²) in [6.07, 6.45) is 3.50. The molecule has 1 nitrogen and oxygen atoms in total. The van der Waals surface area contributed by atoms with Crippen molar-refractivity contribution in [2.45, 2.75) is 46.5 Å². The molecule has 0 N–H and O–H groups in total. The minimum Gasteiger partial charge on any atom is -0.347 e. The fraction of sp³-hybridized carbons (Fsp3) is 0.529. The zero-order valence-electron chi connectivity index (χ0n) is 12.5. The Morgan fingerprint density at radius 1 is 1.28 bits per heavy atom. The van der Waals surface area contributed by atoms with Crippen LogP contribution in [0.25, 0.3) is 0 Å². The molecule has 0 radical (unpaired) electrons. The number of aryl methyl sites for hydroxylation is 1. The van der Waals surface area contributed by atoms with Crippen molar-refractivity contribution in [1.82, 2.24) is 0 Å². The highest BCUT2D eigenvalue weighted by atomic mass is 15.2. The van der Waals surface area contributed by atoms with E-state index in [1.165, 1.54) is 22.5 Å². The Balaban J connectivity index is 2.57.